The van der Waals surface area contributed by atoms with E-state index < -0.39 is 0 Å². The van der Waals surface area contributed by atoms with Gasteiger partial charge >= 0.3 is 0 Å². The van der Waals surface area contributed by atoms with E-state index in [1.807, 2.05) is 38.0 Å². The summed E-state index contributed by atoms with van der Waals surface area (Å²) in [6, 6.07) is 4.10. The number of hydrogen-bond donors (Lipinski definition) is 2. The zero-order chi connectivity index (χ0) is 14.1. The van der Waals surface area contributed by atoms with Crippen LogP contribution in [0.3, 0.4) is 0 Å². The van der Waals surface area contributed by atoms with E-state index >= 15 is 0 Å². The molecule has 0 saturated heterocycles. The molecule has 1 unspecified atom stereocenters. The minimum Gasteiger partial charge on any atom is -0.468 e. The van der Waals surface area contributed by atoms with Crippen molar-refractivity contribution in [1.82, 2.24) is 15.5 Å². The average molecular weight is 284 g/mol. The standard InChI is InChI=1S/C13H24N4OS/c1-14-13(15-7-9-19-4)16-10-11(17(2)3)12-6-5-8-18-12/h5-6,8,11H,7,9-10H2,1-4H3,(H2,14,15,16). The highest BCUT2D eigenvalue weighted by Crippen LogP contribution is 2.17. The summed E-state index contributed by atoms with van der Waals surface area (Å²) in [5.74, 6) is 2.85. The first-order chi connectivity index (χ1) is 9.19. The third-order valence-corrected chi connectivity index (χ3v) is 3.39. The quantitative estimate of drug-likeness (QED) is 0.450. The predicted molar refractivity (Wildman–Crippen MR) is 82.9 cm³/mol. The molecule has 108 valence electrons. The van der Waals surface area contributed by atoms with Crippen LogP contribution in [0.2, 0.25) is 0 Å². The van der Waals surface area contributed by atoms with E-state index in [1.165, 1.54) is 0 Å². The van der Waals surface area contributed by atoms with Crippen LogP contribution >= 0.6 is 11.8 Å². The van der Waals surface area contributed by atoms with Crippen LogP contribution in [0.5, 0.6) is 0 Å². The van der Waals surface area contributed by atoms with Crippen molar-refractivity contribution in [3.8, 4) is 0 Å². The summed E-state index contributed by atoms with van der Waals surface area (Å²) in [6.45, 7) is 1.66. The van der Waals surface area contributed by atoms with Crippen molar-refractivity contribution in [2.45, 2.75) is 6.04 Å². The van der Waals surface area contributed by atoms with Crippen molar-refractivity contribution in [3.63, 3.8) is 0 Å². The van der Waals surface area contributed by atoms with Gasteiger partial charge in [0.1, 0.15) is 5.76 Å². The van der Waals surface area contributed by atoms with Crippen LogP contribution in [0, 0.1) is 0 Å². The summed E-state index contributed by atoms with van der Waals surface area (Å²) < 4.78 is 5.48. The van der Waals surface area contributed by atoms with Crippen LogP contribution in [0.15, 0.2) is 27.8 Å². The van der Waals surface area contributed by atoms with E-state index in [0.717, 1.165) is 30.6 Å². The van der Waals surface area contributed by atoms with Crippen LogP contribution in [0.1, 0.15) is 11.8 Å². The summed E-state index contributed by atoms with van der Waals surface area (Å²) >= 11 is 1.81. The number of aliphatic imine (C=N–C) groups is 1. The van der Waals surface area contributed by atoms with Crippen molar-refractivity contribution in [3.05, 3.63) is 24.2 Å². The van der Waals surface area contributed by atoms with Gasteiger partial charge < -0.3 is 15.1 Å². The maximum atomic E-state index is 5.48. The average Bonchev–Trinajstić information content (AvgIpc) is 2.90. The summed E-state index contributed by atoms with van der Waals surface area (Å²) in [6.07, 6.45) is 3.80. The number of nitrogens with one attached hydrogen (secondary N) is 2. The number of thioether (sulfide) groups is 1. The van der Waals surface area contributed by atoms with Gasteiger partial charge in [0.15, 0.2) is 5.96 Å². The Hall–Kier alpha value is -1.14. The molecule has 0 spiro atoms. The van der Waals surface area contributed by atoms with Crippen LogP contribution in [0.25, 0.3) is 0 Å². The molecule has 0 aliphatic rings. The van der Waals surface area contributed by atoms with Gasteiger partial charge in [-0.1, -0.05) is 0 Å². The molecular weight excluding hydrogens is 260 g/mol. The molecule has 1 rings (SSSR count). The van der Waals surface area contributed by atoms with Crippen molar-refractivity contribution < 1.29 is 4.42 Å². The molecule has 0 aliphatic heterocycles. The molecule has 0 bridgehead atoms. The van der Waals surface area contributed by atoms with E-state index in [2.05, 4.69) is 26.8 Å². The highest BCUT2D eigenvalue weighted by molar-refractivity contribution is 7.98. The highest BCUT2D eigenvalue weighted by atomic mass is 32.2. The minimum atomic E-state index is 0.189. The molecule has 1 heterocycles. The fourth-order valence-corrected chi connectivity index (χ4v) is 2.01. The Kier molecular flexibility index (Phi) is 7.43. The Morgan fingerprint density at radius 2 is 2.26 bits per heavy atom. The SMILES string of the molecule is CN=C(NCCSC)NCC(c1ccco1)N(C)C. The summed E-state index contributed by atoms with van der Waals surface area (Å²) in [5, 5.41) is 6.60. The number of rotatable bonds is 7. The summed E-state index contributed by atoms with van der Waals surface area (Å²) in [7, 11) is 5.86. The first-order valence-electron chi connectivity index (χ1n) is 6.32. The molecular formula is C13H24N4OS. The van der Waals surface area contributed by atoms with Gasteiger partial charge in [-0.05, 0) is 32.5 Å². The van der Waals surface area contributed by atoms with Gasteiger partial charge in [-0.15, -0.1) is 0 Å². The molecule has 19 heavy (non-hydrogen) atoms. The van der Waals surface area contributed by atoms with E-state index in [-0.39, 0.29) is 6.04 Å². The zero-order valence-electron chi connectivity index (χ0n) is 12.1. The lowest BCUT2D eigenvalue weighted by molar-refractivity contribution is 0.258. The number of furan rings is 1. The summed E-state index contributed by atoms with van der Waals surface area (Å²) in [4.78, 5) is 6.33. The zero-order valence-corrected chi connectivity index (χ0v) is 13.0. The minimum absolute atomic E-state index is 0.189. The smallest absolute Gasteiger partial charge is 0.191 e. The van der Waals surface area contributed by atoms with Crippen LogP contribution in [-0.4, -0.2) is 57.1 Å². The molecule has 5 nitrogen and oxygen atoms in total. The fraction of sp³-hybridized carbons (Fsp3) is 0.615. The van der Waals surface area contributed by atoms with Crippen molar-refractivity contribution in [1.29, 1.82) is 0 Å². The third kappa shape index (κ3) is 5.57. The largest absolute Gasteiger partial charge is 0.468 e. The van der Waals surface area contributed by atoms with Crippen molar-refractivity contribution in [2.24, 2.45) is 4.99 Å². The molecule has 0 aromatic carbocycles. The molecule has 0 aliphatic carbocycles. The number of guanidine groups is 1. The predicted octanol–water partition coefficient (Wildman–Crippen LogP) is 1.41. The number of nitrogens with zero attached hydrogens (tertiary/aromatic N) is 2. The summed E-state index contributed by atoms with van der Waals surface area (Å²) in [5.41, 5.74) is 0. The van der Waals surface area contributed by atoms with E-state index in [1.54, 1.807) is 13.3 Å². The normalized spacial score (nSPS) is 13.6. The maximum absolute atomic E-state index is 5.48. The van der Waals surface area contributed by atoms with Gasteiger partial charge in [0.2, 0.25) is 0 Å². The van der Waals surface area contributed by atoms with Gasteiger partial charge in [0.05, 0.1) is 12.3 Å². The van der Waals surface area contributed by atoms with E-state index in [4.69, 9.17) is 4.42 Å². The Labute approximate surface area is 119 Å². The third-order valence-electron chi connectivity index (χ3n) is 2.78. The molecule has 0 fully saturated rings. The second kappa shape index (κ2) is 8.87. The fourth-order valence-electron chi connectivity index (χ4n) is 1.70. The van der Waals surface area contributed by atoms with Gasteiger partial charge in [-0.3, -0.25) is 9.89 Å². The second-order valence-corrected chi connectivity index (χ2v) is 5.35. The van der Waals surface area contributed by atoms with Crippen molar-refractivity contribution >= 4 is 17.7 Å². The number of hydrogen-bond acceptors (Lipinski definition) is 4. The molecule has 1 aromatic heterocycles. The molecule has 0 saturated carbocycles. The molecule has 2 N–H and O–H groups in total. The van der Waals surface area contributed by atoms with Gasteiger partial charge in [0.25, 0.3) is 0 Å². The monoisotopic (exact) mass is 284 g/mol. The topological polar surface area (TPSA) is 52.8 Å². The maximum Gasteiger partial charge on any atom is 0.191 e. The Balaban J connectivity index is 2.47. The van der Waals surface area contributed by atoms with Gasteiger partial charge in [-0.25, -0.2) is 0 Å². The molecule has 0 radical (unpaired) electrons. The van der Waals surface area contributed by atoms with E-state index in [0.29, 0.717) is 0 Å². The Morgan fingerprint density at radius 1 is 1.47 bits per heavy atom. The lowest BCUT2D eigenvalue weighted by atomic mass is 10.2. The molecule has 6 heteroatoms. The lowest BCUT2D eigenvalue weighted by Gasteiger charge is -2.23. The van der Waals surface area contributed by atoms with Crippen LogP contribution in [-0.2, 0) is 0 Å². The second-order valence-electron chi connectivity index (χ2n) is 4.37. The Bertz CT molecular complexity index is 365. The molecule has 1 atom stereocenters. The lowest BCUT2D eigenvalue weighted by Crippen LogP contribution is -2.42. The van der Waals surface area contributed by atoms with Gasteiger partial charge in [-0.2, -0.15) is 11.8 Å². The Morgan fingerprint density at radius 3 is 2.79 bits per heavy atom. The van der Waals surface area contributed by atoms with Gasteiger partial charge in [0, 0.05) is 25.9 Å². The van der Waals surface area contributed by atoms with E-state index in [9.17, 15) is 0 Å². The molecule has 1 aromatic rings. The van der Waals surface area contributed by atoms with Crippen molar-refractivity contribution in [2.75, 3.05) is 46.2 Å². The number of likely N-dealkylation sites (N-methyl/N-ethyl adjacent to an activating group) is 1. The highest BCUT2D eigenvalue weighted by Gasteiger charge is 2.16. The first-order valence-corrected chi connectivity index (χ1v) is 7.71. The first kappa shape index (κ1) is 15.9. The molecule has 0 amide bonds. The van der Waals surface area contributed by atoms with Crippen LogP contribution < -0.4 is 10.6 Å². The van der Waals surface area contributed by atoms with Crippen LogP contribution in [0.4, 0.5) is 0 Å².